The lowest BCUT2D eigenvalue weighted by molar-refractivity contribution is 0.0526. The Kier molecular flexibility index (Phi) is 4.95. The second kappa shape index (κ2) is 6.74. The Bertz CT molecular complexity index is 820. The molecular weight excluding hydrogens is 328 g/mol. The molecule has 0 radical (unpaired) electrons. The minimum Gasteiger partial charge on any atom is -0.462 e. The van der Waals surface area contributed by atoms with Crippen LogP contribution in [0.4, 0.5) is 14.5 Å². The third-order valence-corrected chi connectivity index (χ3v) is 4.23. The molecule has 0 aromatic heterocycles. The molecule has 0 amide bonds. The van der Waals surface area contributed by atoms with Gasteiger partial charge in [0, 0.05) is 6.07 Å². The number of carbonyl (C=O) groups is 1. The molecule has 0 atom stereocenters. The standard InChI is InChI=1S/C15H13F2NO4S/c1-2-22-15(19)10-3-6-12(7-4-10)23(20,21)18-14-8-5-11(16)9-13(14)17/h3-9,18H,2H2,1H3. The van der Waals surface area contributed by atoms with Crippen molar-refractivity contribution in [2.75, 3.05) is 11.3 Å². The van der Waals surface area contributed by atoms with E-state index < -0.39 is 27.6 Å². The number of esters is 1. The lowest BCUT2D eigenvalue weighted by Crippen LogP contribution is -2.14. The normalized spacial score (nSPS) is 11.1. The predicted octanol–water partition coefficient (Wildman–Crippen LogP) is 2.94. The van der Waals surface area contributed by atoms with E-state index in [0.717, 1.165) is 12.1 Å². The summed E-state index contributed by atoms with van der Waals surface area (Å²) in [7, 11) is -4.07. The molecule has 0 aliphatic rings. The number of ether oxygens (including phenoxy) is 1. The molecule has 0 saturated carbocycles. The number of hydrogen-bond acceptors (Lipinski definition) is 4. The molecule has 0 aliphatic carbocycles. The van der Waals surface area contributed by atoms with Gasteiger partial charge in [-0.15, -0.1) is 0 Å². The second-order valence-corrected chi connectivity index (χ2v) is 6.16. The van der Waals surface area contributed by atoms with Crippen LogP contribution in [0.3, 0.4) is 0 Å². The molecule has 0 unspecified atom stereocenters. The van der Waals surface area contributed by atoms with Crippen LogP contribution in [0.15, 0.2) is 47.4 Å². The van der Waals surface area contributed by atoms with Crippen molar-refractivity contribution < 1.29 is 26.7 Å². The fraction of sp³-hybridized carbons (Fsp3) is 0.133. The van der Waals surface area contributed by atoms with Gasteiger partial charge in [0.1, 0.15) is 11.6 Å². The lowest BCUT2D eigenvalue weighted by Gasteiger charge is -2.09. The fourth-order valence-corrected chi connectivity index (χ4v) is 2.83. The average molecular weight is 341 g/mol. The van der Waals surface area contributed by atoms with Gasteiger partial charge in [-0.2, -0.15) is 0 Å². The Morgan fingerprint density at radius 3 is 2.35 bits per heavy atom. The van der Waals surface area contributed by atoms with E-state index in [0.29, 0.717) is 6.07 Å². The number of rotatable bonds is 5. The van der Waals surface area contributed by atoms with Crippen LogP contribution < -0.4 is 4.72 Å². The summed E-state index contributed by atoms with van der Waals surface area (Å²) in [6.07, 6.45) is 0. The molecule has 2 rings (SSSR count). The minimum atomic E-state index is -4.07. The van der Waals surface area contributed by atoms with Crippen molar-refractivity contribution in [2.24, 2.45) is 0 Å². The van der Waals surface area contributed by atoms with Crippen molar-refractivity contribution >= 4 is 21.7 Å². The zero-order valence-electron chi connectivity index (χ0n) is 12.0. The number of sulfonamides is 1. The van der Waals surface area contributed by atoms with Gasteiger partial charge in [-0.05, 0) is 43.3 Å². The molecule has 0 spiro atoms. The predicted molar refractivity (Wildman–Crippen MR) is 79.6 cm³/mol. The van der Waals surface area contributed by atoms with Crippen molar-refractivity contribution in [2.45, 2.75) is 11.8 Å². The lowest BCUT2D eigenvalue weighted by atomic mass is 10.2. The molecule has 0 aliphatic heterocycles. The number of carbonyl (C=O) groups excluding carboxylic acids is 1. The fourth-order valence-electron chi connectivity index (χ4n) is 1.76. The van der Waals surface area contributed by atoms with E-state index in [-0.39, 0.29) is 22.8 Å². The molecule has 122 valence electrons. The van der Waals surface area contributed by atoms with Gasteiger partial charge >= 0.3 is 5.97 Å². The third-order valence-electron chi connectivity index (χ3n) is 2.85. The number of halogens is 2. The quantitative estimate of drug-likeness (QED) is 0.849. The molecule has 0 saturated heterocycles. The van der Waals surface area contributed by atoms with Crippen LogP contribution in [0, 0.1) is 11.6 Å². The number of hydrogen-bond donors (Lipinski definition) is 1. The van der Waals surface area contributed by atoms with Gasteiger partial charge in [-0.25, -0.2) is 22.0 Å². The summed E-state index contributed by atoms with van der Waals surface area (Å²) >= 11 is 0. The highest BCUT2D eigenvalue weighted by atomic mass is 32.2. The molecule has 2 aromatic rings. The van der Waals surface area contributed by atoms with E-state index in [4.69, 9.17) is 4.74 Å². The van der Waals surface area contributed by atoms with Crippen molar-refractivity contribution in [3.8, 4) is 0 Å². The van der Waals surface area contributed by atoms with Crippen LogP contribution in [0.2, 0.25) is 0 Å². The van der Waals surface area contributed by atoms with Crippen molar-refractivity contribution in [1.29, 1.82) is 0 Å². The van der Waals surface area contributed by atoms with E-state index in [2.05, 4.69) is 0 Å². The monoisotopic (exact) mass is 341 g/mol. The first-order valence-corrected chi connectivity index (χ1v) is 8.07. The number of benzene rings is 2. The van der Waals surface area contributed by atoms with Crippen molar-refractivity contribution in [1.82, 2.24) is 0 Å². The van der Waals surface area contributed by atoms with Gasteiger partial charge in [0.2, 0.25) is 0 Å². The molecular formula is C15H13F2NO4S. The van der Waals surface area contributed by atoms with Crippen molar-refractivity contribution in [3.63, 3.8) is 0 Å². The first-order valence-electron chi connectivity index (χ1n) is 6.58. The van der Waals surface area contributed by atoms with E-state index >= 15 is 0 Å². The first-order chi connectivity index (χ1) is 10.8. The number of anilines is 1. The Balaban J connectivity index is 2.24. The first kappa shape index (κ1) is 16.9. The van der Waals surface area contributed by atoms with Gasteiger partial charge < -0.3 is 4.74 Å². The summed E-state index contributed by atoms with van der Waals surface area (Å²) in [4.78, 5) is 11.3. The summed E-state index contributed by atoms with van der Waals surface area (Å²) < 4.78 is 57.5. The summed E-state index contributed by atoms with van der Waals surface area (Å²) in [5.74, 6) is -2.42. The smallest absolute Gasteiger partial charge is 0.338 e. The SMILES string of the molecule is CCOC(=O)c1ccc(S(=O)(=O)Nc2ccc(F)cc2F)cc1. The molecule has 1 N–H and O–H groups in total. The summed E-state index contributed by atoms with van der Waals surface area (Å²) in [6, 6.07) is 7.44. The third kappa shape index (κ3) is 4.04. The largest absolute Gasteiger partial charge is 0.462 e. The minimum absolute atomic E-state index is 0.172. The van der Waals surface area contributed by atoms with Crippen LogP contribution in [0.5, 0.6) is 0 Å². The van der Waals surface area contributed by atoms with Crippen LogP contribution in [-0.2, 0) is 14.8 Å². The van der Waals surface area contributed by atoms with Gasteiger partial charge in [0.15, 0.2) is 0 Å². The summed E-state index contributed by atoms with van der Waals surface area (Å²) in [5.41, 5.74) is -0.181. The number of nitrogens with one attached hydrogen (secondary N) is 1. The second-order valence-electron chi connectivity index (χ2n) is 4.47. The maximum atomic E-state index is 13.5. The Labute approximate surface area is 132 Å². The molecule has 2 aromatic carbocycles. The molecule has 23 heavy (non-hydrogen) atoms. The van der Waals surface area contributed by atoms with E-state index in [9.17, 15) is 22.0 Å². The van der Waals surface area contributed by atoms with Crippen LogP contribution in [0.25, 0.3) is 0 Å². The maximum absolute atomic E-state index is 13.5. The van der Waals surface area contributed by atoms with E-state index in [1.807, 2.05) is 4.72 Å². The Morgan fingerprint density at radius 2 is 1.78 bits per heavy atom. The van der Waals surface area contributed by atoms with E-state index in [1.54, 1.807) is 6.92 Å². The van der Waals surface area contributed by atoms with Crippen LogP contribution >= 0.6 is 0 Å². The van der Waals surface area contributed by atoms with Gasteiger partial charge in [-0.1, -0.05) is 0 Å². The van der Waals surface area contributed by atoms with Gasteiger partial charge in [-0.3, -0.25) is 4.72 Å². The van der Waals surface area contributed by atoms with Crippen LogP contribution in [0.1, 0.15) is 17.3 Å². The topological polar surface area (TPSA) is 72.5 Å². The highest BCUT2D eigenvalue weighted by Crippen LogP contribution is 2.20. The maximum Gasteiger partial charge on any atom is 0.338 e. The zero-order valence-corrected chi connectivity index (χ0v) is 12.9. The molecule has 8 heteroatoms. The summed E-state index contributed by atoms with van der Waals surface area (Å²) in [6.45, 7) is 1.85. The van der Waals surface area contributed by atoms with Crippen molar-refractivity contribution in [3.05, 3.63) is 59.7 Å². The van der Waals surface area contributed by atoms with Gasteiger partial charge in [0.25, 0.3) is 10.0 Å². The summed E-state index contributed by atoms with van der Waals surface area (Å²) in [5, 5.41) is 0. The highest BCUT2D eigenvalue weighted by molar-refractivity contribution is 7.92. The van der Waals surface area contributed by atoms with Crippen LogP contribution in [-0.4, -0.2) is 21.0 Å². The van der Waals surface area contributed by atoms with Gasteiger partial charge in [0.05, 0.1) is 22.8 Å². The zero-order chi connectivity index (χ0) is 17.0. The molecule has 0 heterocycles. The molecule has 5 nitrogen and oxygen atoms in total. The average Bonchev–Trinajstić information content (AvgIpc) is 2.50. The van der Waals surface area contributed by atoms with E-state index in [1.165, 1.54) is 24.3 Å². The molecule has 0 fully saturated rings. The Hall–Kier alpha value is -2.48. The highest BCUT2D eigenvalue weighted by Gasteiger charge is 2.17. The Morgan fingerprint density at radius 1 is 1.13 bits per heavy atom. The molecule has 0 bridgehead atoms.